The van der Waals surface area contributed by atoms with Crippen molar-refractivity contribution in [1.29, 1.82) is 0 Å². The van der Waals surface area contributed by atoms with Crippen LogP contribution in [0, 0.1) is 5.92 Å². The number of likely N-dealkylation sites (tertiary alicyclic amines) is 1. The minimum atomic E-state index is -0.153. The lowest BCUT2D eigenvalue weighted by molar-refractivity contribution is 0.184. The third kappa shape index (κ3) is 5.87. The number of pyridine rings is 1. The second-order valence-corrected chi connectivity index (χ2v) is 6.60. The van der Waals surface area contributed by atoms with E-state index in [1.807, 2.05) is 6.07 Å². The van der Waals surface area contributed by atoms with Gasteiger partial charge in [0.1, 0.15) is 0 Å². The molecule has 3 rings (SSSR count). The first-order valence-corrected chi connectivity index (χ1v) is 9.01. The summed E-state index contributed by atoms with van der Waals surface area (Å²) in [6.45, 7) is 4.08. The number of anilines is 1. The zero-order valence-electron chi connectivity index (χ0n) is 14.5. The summed E-state index contributed by atoms with van der Waals surface area (Å²) in [6.07, 6.45) is 6.72. The number of aromatic nitrogens is 1. The maximum Gasteiger partial charge on any atom is 0.319 e. The SMILES string of the molecule is O=C(NCC1CCN(CCc2ccccc2)CC1)Nc1cccnc1. The molecule has 1 aliphatic heterocycles. The molecule has 5 nitrogen and oxygen atoms in total. The van der Waals surface area contributed by atoms with Gasteiger partial charge in [0.25, 0.3) is 0 Å². The molecule has 0 aliphatic carbocycles. The number of nitrogens with zero attached hydrogens (tertiary/aromatic N) is 2. The number of amides is 2. The lowest BCUT2D eigenvalue weighted by Gasteiger charge is -2.32. The molecule has 2 heterocycles. The van der Waals surface area contributed by atoms with Gasteiger partial charge in [-0.2, -0.15) is 0 Å². The van der Waals surface area contributed by atoms with Gasteiger partial charge in [-0.3, -0.25) is 4.98 Å². The van der Waals surface area contributed by atoms with Crippen LogP contribution in [0.2, 0.25) is 0 Å². The predicted octanol–water partition coefficient (Wildman–Crippen LogP) is 3.16. The molecule has 2 N–H and O–H groups in total. The summed E-state index contributed by atoms with van der Waals surface area (Å²) in [7, 11) is 0. The van der Waals surface area contributed by atoms with E-state index >= 15 is 0 Å². The number of hydrogen-bond donors (Lipinski definition) is 2. The number of carbonyl (C=O) groups excluding carboxylic acids is 1. The third-order valence-corrected chi connectivity index (χ3v) is 4.74. The highest BCUT2D eigenvalue weighted by atomic mass is 16.2. The largest absolute Gasteiger partial charge is 0.338 e. The molecule has 1 aromatic carbocycles. The van der Waals surface area contributed by atoms with Gasteiger partial charge in [0.15, 0.2) is 0 Å². The molecule has 2 amide bonds. The normalized spacial score (nSPS) is 15.7. The molecule has 2 aromatic rings. The first-order chi connectivity index (χ1) is 12.3. The Labute approximate surface area is 149 Å². The highest BCUT2D eigenvalue weighted by Gasteiger charge is 2.19. The predicted molar refractivity (Wildman–Crippen MR) is 101 cm³/mol. The van der Waals surface area contributed by atoms with Gasteiger partial charge >= 0.3 is 6.03 Å². The quantitative estimate of drug-likeness (QED) is 0.851. The summed E-state index contributed by atoms with van der Waals surface area (Å²) in [5.41, 5.74) is 2.12. The zero-order chi connectivity index (χ0) is 17.3. The second-order valence-electron chi connectivity index (χ2n) is 6.60. The summed E-state index contributed by atoms with van der Waals surface area (Å²) >= 11 is 0. The number of hydrogen-bond acceptors (Lipinski definition) is 3. The fourth-order valence-corrected chi connectivity index (χ4v) is 3.20. The minimum Gasteiger partial charge on any atom is -0.338 e. The summed E-state index contributed by atoms with van der Waals surface area (Å²) in [6, 6.07) is 14.1. The van der Waals surface area contributed by atoms with Crippen molar-refractivity contribution in [2.45, 2.75) is 19.3 Å². The minimum absolute atomic E-state index is 0.153. The van der Waals surface area contributed by atoms with Crippen LogP contribution in [-0.4, -0.2) is 42.1 Å². The van der Waals surface area contributed by atoms with Crippen LogP contribution in [0.15, 0.2) is 54.9 Å². The summed E-state index contributed by atoms with van der Waals surface area (Å²) < 4.78 is 0. The average Bonchev–Trinajstić information content (AvgIpc) is 2.67. The standard InChI is InChI=1S/C20H26N4O/c25-20(23-19-7-4-11-21-16-19)22-15-18-9-13-24(14-10-18)12-8-17-5-2-1-3-6-17/h1-7,11,16,18H,8-10,12-15H2,(H2,22,23,25). The van der Waals surface area contributed by atoms with Crippen molar-refractivity contribution in [3.05, 3.63) is 60.4 Å². The van der Waals surface area contributed by atoms with Gasteiger partial charge in [-0.15, -0.1) is 0 Å². The van der Waals surface area contributed by atoms with Gasteiger partial charge in [0.05, 0.1) is 11.9 Å². The number of benzene rings is 1. The number of rotatable bonds is 6. The van der Waals surface area contributed by atoms with Crippen LogP contribution >= 0.6 is 0 Å². The number of carbonyl (C=O) groups is 1. The van der Waals surface area contributed by atoms with E-state index in [0.29, 0.717) is 5.92 Å². The van der Waals surface area contributed by atoms with Gasteiger partial charge in [-0.1, -0.05) is 30.3 Å². The Balaban J connectivity index is 1.32. The summed E-state index contributed by atoms with van der Waals surface area (Å²) in [5, 5.41) is 5.78. The topological polar surface area (TPSA) is 57.3 Å². The monoisotopic (exact) mass is 338 g/mol. The molecule has 1 aromatic heterocycles. The highest BCUT2D eigenvalue weighted by Crippen LogP contribution is 2.17. The first kappa shape index (κ1) is 17.4. The Bertz CT molecular complexity index is 639. The van der Waals surface area contributed by atoms with Crippen LogP contribution < -0.4 is 10.6 Å². The van der Waals surface area contributed by atoms with Crippen molar-refractivity contribution in [3.8, 4) is 0 Å². The van der Waals surface area contributed by atoms with E-state index in [1.54, 1.807) is 18.5 Å². The number of nitrogens with one attached hydrogen (secondary N) is 2. The van der Waals surface area contributed by atoms with Crippen molar-refractivity contribution >= 4 is 11.7 Å². The van der Waals surface area contributed by atoms with Crippen molar-refractivity contribution in [2.24, 2.45) is 5.92 Å². The molecule has 0 radical (unpaired) electrons. The average molecular weight is 338 g/mol. The number of piperidine rings is 1. The van der Waals surface area contributed by atoms with Gasteiger partial charge in [-0.05, 0) is 56.0 Å². The van der Waals surface area contributed by atoms with Gasteiger partial charge in [-0.25, -0.2) is 4.79 Å². The van der Waals surface area contributed by atoms with Crippen LogP contribution in [0.3, 0.4) is 0 Å². The van der Waals surface area contributed by atoms with Crippen LogP contribution in [-0.2, 0) is 6.42 Å². The molecule has 0 atom stereocenters. The Morgan fingerprint density at radius 1 is 1.12 bits per heavy atom. The molecule has 132 valence electrons. The Kier molecular flexibility index (Phi) is 6.40. The van der Waals surface area contributed by atoms with Crippen LogP contribution in [0.1, 0.15) is 18.4 Å². The lowest BCUT2D eigenvalue weighted by Crippen LogP contribution is -2.40. The van der Waals surface area contributed by atoms with Gasteiger partial charge < -0.3 is 15.5 Å². The van der Waals surface area contributed by atoms with E-state index in [2.05, 4.69) is 50.8 Å². The second kappa shape index (κ2) is 9.18. The summed E-state index contributed by atoms with van der Waals surface area (Å²) in [4.78, 5) is 18.4. The van der Waals surface area contributed by atoms with Crippen LogP contribution in [0.5, 0.6) is 0 Å². The fourth-order valence-electron chi connectivity index (χ4n) is 3.20. The van der Waals surface area contributed by atoms with E-state index in [-0.39, 0.29) is 6.03 Å². The van der Waals surface area contributed by atoms with E-state index in [4.69, 9.17) is 0 Å². The van der Waals surface area contributed by atoms with Gasteiger partial charge in [0.2, 0.25) is 0 Å². The smallest absolute Gasteiger partial charge is 0.319 e. The van der Waals surface area contributed by atoms with E-state index in [0.717, 1.165) is 51.1 Å². The molecule has 1 fully saturated rings. The lowest BCUT2D eigenvalue weighted by atomic mass is 9.96. The van der Waals surface area contributed by atoms with Crippen LogP contribution in [0.4, 0.5) is 10.5 Å². The van der Waals surface area contributed by atoms with Crippen molar-refractivity contribution in [3.63, 3.8) is 0 Å². The Morgan fingerprint density at radius 3 is 2.64 bits per heavy atom. The zero-order valence-corrected chi connectivity index (χ0v) is 14.5. The van der Waals surface area contributed by atoms with Crippen molar-refractivity contribution in [1.82, 2.24) is 15.2 Å². The molecular formula is C20H26N4O. The molecule has 1 saturated heterocycles. The van der Waals surface area contributed by atoms with E-state index in [1.165, 1.54) is 5.56 Å². The highest BCUT2D eigenvalue weighted by molar-refractivity contribution is 5.88. The molecule has 25 heavy (non-hydrogen) atoms. The van der Waals surface area contributed by atoms with Crippen molar-refractivity contribution in [2.75, 3.05) is 31.5 Å². The van der Waals surface area contributed by atoms with E-state index in [9.17, 15) is 4.79 Å². The number of urea groups is 1. The molecule has 0 saturated carbocycles. The summed E-state index contributed by atoms with van der Waals surface area (Å²) in [5.74, 6) is 0.563. The third-order valence-electron chi connectivity index (χ3n) is 4.74. The molecule has 0 spiro atoms. The van der Waals surface area contributed by atoms with Crippen molar-refractivity contribution < 1.29 is 4.79 Å². The Morgan fingerprint density at radius 2 is 1.92 bits per heavy atom. The fraction of sp³-hybridized carbons (Fsp3) is 0.400. The van der Waals surface area contributed by atoms with Gasteiger partial charge in [0, 0.05) is 19.3 Å². The maximum absolute atomic E-state index is 11.9. The Hall–Kier alpha value is -2.40. The van der Waals surface area contributed by atoms with Crippen LogP contribution in [0.25, 0.3) is 0 Å². The molecule has 0 unspecified atom stereocenters. The molecule has 1 aliphatic rings. The molecular weight excluding hydrogens is 312 g/mol. The first-order valence-electron chi connectivity index (χ1n) is 9.01. The molecule has 5 heteroatoms. The maximum atomic E-state index is 11.9. The molecule has 0 bridgehead atoms. The van der Waals surface area contributed by atoms with E-state index < -0.39 is 0 Å².